The number of benzene rings is 3. The standard InChI is InChI=1S/C18H17B2NO3/c19-14-15(20)18(24)17(23)13(16(14)22)10-6-8-12(9-7-10)21-11-4-2-1-3-5-11/h1-9,21-24H,19-20H2. The average Bonchev–Trinajstić information content (AvgIpc) is 2.61. The molecule has 4 N–H and O–H groups in total. The van der Waals surface area contributed by atoms with Gasteiger partial charge >= 0.3 is 0 Å². The Morgan fingerprint density at radius 1 is 0.625 bits per heavy atom. The topological polar surface area (TPSA) is 72.7 Å². The maximum Gasteiger partial charge on any atom is 0.168 e. The minimum absolute atomic E-state index is 0.0217. The quantitative estimate of drug-likeness (QED) is 0.326. The third-order valence-corrected chi connectivity index (χ3v) is 4.21. The first-order valence-electron chi connectivity index (χ1n) is 7.65. The molecule has 0 saturated carbocycles. The third kappa shape index (κ3) is 2.78. The van der Waals surface area contributed by atoms with Gasteiger partial charge in [-0.1, -0.05) is 30.3 Å². The van der Waals surface area contributed by atoms with Gasteiger partial charge in [0.2, 0.25) is 0 Å². The van der Waals surface area contributed by atoms with E-state index in [0.29, 0.717) is 16.5 Å². The van der Waals surface area contributed by atoms with E-state index in [-0.39, 0.29) is 22.8 Å². The lowest BCUT2D eigenvalue weighted by Gasteiger charge is -2.15. The Morgan fingerprint density at radius 3 is 1.79 bits per heavy atom. The minimum atomic E-state index is -0.306. The Labute approximate surface area is 142 Å². The van der Waals surface area contributed by atoms with Crippen LogP contribution in [0.3, 0.4) is 0 Å². The van der Waals surface area contributed by atoms with Crippen LogP contribution in [0.5, 0.6) is 17.2 Å². The van der Waals surface area contributed by atoms with E-state index in [0.717, 1.165) is 11.4 Å². The van der Waals surface area contributed by atoms with E-state index in [1.165, 1.54) is 0 Å². The zero-order valence-electron chi connectivity index (χ0n) is 13.5. The highest BCUT2D eigenvalue weighted by atomic mass is 16.3. The molecule has 6 heteroatoms. The maximum atomic E-state index is 10.4. The van der Waals surface area contributed by atoms with Gasteiger partial charge in [-0.25, -0.2) is 0 Å². The molecular weight excluding hydrogens is 300 g/mol. The van der Waals surface area contributed by atoms with Crippen LogP contribution in [-0.2, 0) is 0 Å². The van der Waals surface area contributed by atoms with Crippen molar-refractivity contribution in [3.05, 3.63) is 54.6 Å². The van der Waals surface area contributed by atoms with Gasteiger partial charge in [0.25, 0.3) is 0 Å². The van der Waals surface area contributed by atoms with E-state index >= 15 is 0 Å². The molecule has 24 heavy (non-hydrogen) atoms. The summed E-state index contributed by atoms with van der Waals surface area (Å²) >= 11 is 0. The summed E-state index contributed by atoms with van der Waals surface area (Å²) in [6.07, 6.45) is 0. The largest absolute Gasteiger partial charge is 0.508 e. The van der Waals surface area contributed by atoms with Crippen LogP contribution >= 0.6 is 0 Å². The molecule has 118 valence electrons. The van der Waals surface area contributed by atoms with Gasteiger partial charge in [0.1, 0.15) is 21.4 Å². The van der Waals surface area contributed by atoms with Gasteiger partial charge < -0.3 is 20.6 Å². The zero-order valence-corrected chi connectivity index (χ0v) is 13.5. The summed E-state index contributed by atoms with van der Waals surface area (Å²) < 4.78 is 0. The molecule has 0 unspecified atom stereocenters. The predicted molar refractivity (Wildman–Crippen MR) is 103 cm³/mol. The molecule has 3 aromatic rings. The second-order valence-corrected chi connectivity index (χ2v) is 5.74. The number of anilines is 2. The highest BCUT2D eigenvalue weighted by Gasteiger charge is 2.19. The van der Waals surface area contributed by atoms with E-state index in [1.54, 1.807) is 27.8 Å². The third-order valence-electron chi connectivity index (χ3n) is 4.21. The van der Waals surface area contributed by atoms with Crippen LogP contribution in [0, 0.1) is 0 Å². The number of aromatic hydroxyl groups is 3. The van der Waals surface area contributed by atoms with Gasteiger partial charge in [-0.2, -0.15) is 0 Å². The van der Waals surface area contributed by atoms with Crippen molar-refractivity contribution in [2.75, 3.05) is 5.32 Å². The highest BCUT2D eigenvalue weighted by Crippen LogP contribution is 2.40. The van der Waals surface area contributed by atoms with Gasteiger partial charge in [0, 0.05) is 11.4 Å². The van der Waals surface area contributed by atoms with Gasteiger partial charge in [-0.15, -0.1) is 0 Å². The minimum Gasteiger partial charge on any atom is -0.508 e. The maximum absolute atomic E-state index is 10.4. The average molecular weight is 317 g/mol. The van der Waals surface area contributed by atoms with Crippen LogP contribution in [0.4, 0.5) is 11.4 Å². The fraction of sp³-hybridized carbons (Fsp3) is 0. The van der Waals surface area contributed by atoms with Crippen LogP contribution in [0.25, 0.3) is 11.1 Å². The van der Waals surface area contributed by atoms with E-state index in [4.69, 9.17) is 0 Å². The first-order chi connectivity index (χ1) is 11.5. The van der Waals surface area contributed by atoms with E-state index in [2.05, 4.69) is 5.32 Å². The number of hydrogen-bond acceptors (Lipinski definition) is 4. The van der Waals surface area contributed by atoms with Crippen molar-refractivity contribution in [1.82, 2.24) is 0 Å². The van der Waals surface area contributed by atoms with Crippen molar-refractivity contribution in [3.8, 4) is 28.4 Å². The Kier molecular flexibility index (Phi) is 4.13. The Bertz CT molecular complexity index is 852. The number of rotatable bonds is 3. The molecule has 0 amide bonds. The molecule has 0 heterocycles. The highest BCUT2D eigenvalue weighted by molar-refractivity contribution is 6.51. The summed E-state index contributed by atoms with van der Waals surface area (Å²) in [5.74, 6) is -0.530. The number of nitrogens with one attached hydrogen (secondary N) is 1. The van der Waals surface area contributed by atoms with E-state index in [1.807, 2.05) is 42.5 Å². The molecule has 3 rings (SSSR count). The molecule has 0 aromatic heterocycles. The molecular formula is C18H17B2NO3. The number of hydrogen-bond donors (Lipinski definition) is 4. The lowest BCUT2D eigenvalue weighted by atomic mass is 9.77. The molecule has 0 saturated heterocycles. The normalized spacial score (nSPS) is 10.5. The van der Waals surface area contributed by atoms with Crippen molar-refractivity contribution in [2.24, 2.45) is 0 Å². The summed E-state index contributed by atoms with van der Waals surface area (Å²) in [4.78, 5) is 0. The second kappa shape index (κ2) is 6.24. The van der Waals surface area contributed by atoms with E-state index < -0.39 is 0 Å². The Balaban J connectivity index is 1.97. The monoisotopic (exact) mass is 317 g/mol. The van der Waals surface area contributed by atoms with Crippen LogP contribution in [0.15, 0.2) is 54.6 Å². The fourth-order valence-corrected chi connectivity index (χ4v) is 2.63. The molecule has 0 atom stereocenters. The summed E-state index contributed by atoms with van der Waals surface area (Å²) in [5.41, 5.74) is 3.74. The molecule has 0 aliphatic rings. The molecule has 0 bridgehead atoms. The smallest absolute Gasteiger partial charge is 0.168 e. The summed E-state index contributed by atoms with van der Waals surface area (Å²) in [7, 11) is 3.36. The lowest BCUT2D eigenvalue weighted by Crippen LogP contribution is -2.26. The van der Waals surface area contributed by atoms with Crippen molar-refractivity contribution in [2.45, 2.75) is 0 Å². The van der Waals surface area contributed by atoms with Gasteiger partial charge in [0.15, 0.2) is 11.5 Å². The summed E-state index contributed by atoms with van der Waals surface area (Å²) in [5, 5.41) is 33.9. The summed E-state index contributed by atoms with van der Waals surface area (Å²) in [6, 6.07) is 17.1. The van der Waals surface area contributed by atoms with Crippen molar-refractivity contribution in [1.29, 1.82) is 0 Å². The second-order valence-electron chi connectivity index (χ2n) is 5.74. The predicted octanol–water partition coefficient (Wildman–Crippen LogP) is 0.731. The fourth-order valence-electron chi connectivity index (χ4n) is 2.63. The molecule has 4 nitrogen and oxygen atoms in total. The first-order valence-corrected chi connectivity index (χ1v) is 7.65. The number of phenols is 3. The SMILES string of the molecule is Bc1c(B)c(O)c(-c2ccc(Nc3ccccc3)cc2)c(O)c1O. The molecule has 0 radical (unpaired) electrons. The number of para-hydroxylation sites is 1. The van der Waals surface area contributed by atoms with Gasteiger partial charge in [-0.3, -0.25) is 0 Å². The summed E-state index contributed by atoms with van der Waals surface area (Å²) in [6.45, 7) is 0. The Hall–Kier alpha value is -3.01. The van der Waals surface area contributed by atoms with Gasteiger partial charge in [0.05, 0.1) is 5.56 Å². The molecule has 0 fully saturated rings. The first kappa shape index (κ1) is 15.9. The van der Waals surface area contributed by atoms with Crippen LogP contribution in [0.1, 0.15) is 0 Å². The van der Waals surface area contributed by atoms with Gasteiger partial charge in [-0.05, 0) is 40.8 Å². The Morgan fingerprint density at radius 2 is 1.17 bits per heavy atom. The molecule has 0 aliphatic carbocycles. The van der Waals surface area contributed by atoms with Crippen LogP contribution in [0.2, 0.25) is 0 Å². The van der Waals surface area contributed by atoms with Crippen molar-refractivity contribution < 1.29 is 15.3 Å². The van der Waals surface area contributed by atoms with Crippen LogP contribution < -0.4 is 16.2 Å². The molecule has 0 spiro atoms. The molecule has 3 aromatic carbocycles. The van der Waals surface area contributed by atoms with Crippen molar-refractivity contribution in [3.63, 3.8) is 0 Å². The zero-order chi connectivity index (χ0) is 17.3. The molecule has 0 aliphatic heterocycles. The van der Waals surface area contributed by atoms with Crippen LogP contribution in [-0.4, -0.2) is 31.0 Å². The number of phenolic OH excluding ortho intramolecular Hbond substituents is 3. The van der Waals surface area contributed by atoms with Crippen molar-refractivity contribution >= 4 is 38.0 Å². The van der Waals surface area contributed by atoms with E-state index in [9.17, 15) is 15.3 Å². The lowest BCUT2D eigenvalue weighted by molar-refractivity contribution is 0.403.